The first-order valence-electron chi connectivity index (χ1n) is 7.84. The molecule has 7 nitrogen and oxygen atoms in total. The van der Waals surface area contributed by atoms with Gasteiger partial charge in [-0.3, -0.25) is 4.90 Å². The van der Waals surface area contributed by atoms with Crippen LogP contribution in [0, 0.1) is 12.7 Å². The molecule has 23 heavy (non-hydrogen) atoms. The minimum absolute atomic E-state index is 0.406. The van der Waals surface area contributed by atoms with Crippen molar-refractivity contribution in [2.24, 2.45) is 0 Å². The highest BCUT2D eigenvalue weighted by atomic mass is 19.1. The van der Waals surface area contributed by atoms with E-state index in [2.05, 4.69) is 37.0 Å². The minimum atomic E-state index is -0.406. The van der Waals surface area contributed by atoms with E-state index in [0.29, 0.717) is 30.3 Å². The summed E-state index contributed by atoms with van der Waals surface area (Å²) < 4.78 is 18.0. The van der Waals surface area contributed by atoms with Gasteiger partial charge in [0.15, 0.2) is 11.6 Å². The van der Waals surface area contributed by atoms with Gasteiger partial charge in [-0.05, 0) is 26.3 Å². The Hall–Kier alpha value is -2.09. The molecule has 0 aromatic carbocycles. The predicted octanol–water partition coefficient (Wildman–Crippen LogP) is 1.80. The van der Waals surface area contributed by atoms with Crippen LogP contribution >= 0.6 is 0 Å². The largest absolute Gasteiger partial charge is 0.341 e. The van der Waals surface area contributed by atoms with Gasteiger partial charge in [0.2, 0.25) is 11.8 Å². The average Bonchev–Trinajstić information content (AvgIpc) is 2.80. The monoisotopic (exact) mass is 320 g/mol. The third-order valence-corrected chi connectivity index (χ3v) is 4.17. The summed E-state index contributed by atoms with van der Waals surface area (Å²) >= 11 is 0. The first-order valence-corrected chi connectivity index (χ1v) is 7.84. The van der Waals surface area contributed by atoms with Crippen LogP contribution in [-0.2, 0) is 6.54 Å². The number of hydrogen-bond donors (Lipinski definition) is 0. The van der Waals surface area contributed by atoms with Gasteiger partial charge in [0.1, 0.15) is 0 Å². The zero-order valence-corrected chi connectivity index (χ0v) is 13.4. The van der Waals surface area contributed by atoms with Crippen molar-refractivity contribution in [3.63, 3.8) is 0 Å². The van der Waals surface area contributed by atoms with Gasteiger partial charge in [-0.15, -0.1) is 0 Å². The first kappa shape index (κ1) is 15.8. The summed E-state index contributed by atoms with van der Waals surface area (Å²) in [4.78, 5) is 16.8. The van der Waals surface area contributed by atoms with Gasteiger partial charge in [-0.2, -0.15) is 4.98 Å². The Balaban J connectivity index is 1.58. The Morgan fingerprint density at radius 1 is 1.30 bits per heavy atom. The fraction of sp³-hybridized carbons (Fsp3) is 0.600. The lowest BCUT2D eigenvalue weighted by atomic mass is 10.1. The molecule has 1 aliphatic heterocycles. The van der Waals surface area contributed by atoms with E-state index < -0.39 is 5.82 Å². The topological polar surface area (TPSA) is 71.2 Å². The van der Waals surface area contributed by atoms with E-state index in [9.17, 15) is 4.39 Å². The van der Waals surface area contributed by atoms with Crippen LogP contribution in [0.3, 0.4) is 0 Å². The zero-order valence-electron chi connectivity index (χ0n) is 13.4. The summed E-state index contributed by atoms with van der Waals surface area (Å²) in [5.74, 6) is 1.50. The maximum atomic E-state index is 12.9. The molecule has 1 atom stereocenters. The van der Waals surface area contributed by atoms with Gasteiger partial charge in [-0.1, -0.05) is 5.16 Å². The molecule has 0 amide bonds. The van der Waals surface area contributed by atoms with E-state index in [-0.39, 0.29) is 0 Å². The molecule has 124 valence electrons. The molecular weight excluding hydrogens is 299 g/mol. The highest BCUT2D eigenvalue weighted by Crippen LogP contribution is 2.19. The first-order chi connectivity index (χ1) is 11.1. The van der Waals surface area contributed by atoms with Crippen molar-refractivity contribution in [2.75, 3.05) is 25.0 Å². The second-order valence-electron chi connectivity index (χ2n) is 5.92. The number of rotatable bonds is 4. The highest BCUT2D eigenvalue weighted by molar-refractivity contribution is 5.28. The maximum Gasteiger partial charge on any atom is 0.225 e. The second-order valence-corrected chi connectivity index (χ2v) is 5.92. The van der Waals surface area contributed by atoms with Crippen molar-refractivity contribution in [2.45, 2.75) is 38.8 Å². The lowest BCUT2D eigenvalue weighted by molar-refractivity contribution is 0.209. The molecular formula is C15H21FN6O. The molecule has 0 saturated carbocycles. The SMILES string of the molecule is Cc1nc(CN(C)[C@H]2CCCN(c3ncc(F)cn3)CC2)no1. The molecule has 3 heterocycles. The van der Waals surface area contributed by atoms with E-state index >= 15 is 0 Å². The van der Waals surface area contributed by atoms with Crippen LogP contribution in [-0.4, -0.2) is 51.2 Å². The average molecular weight is 320 g/mol. The number of anilines is 1. The molecule has 2 aromatic rings. The van der Waals surface area contributed by atoms with Crippen molar-refractivity contribution >= 4 is 5.95 Å². The Morgan fingerprint density at radius 3 is 2.78 bits per heavy atom. The summed E-state index contributed by atoms with van der Waals surface area (Å²) in [6.07, 6.45) is 5.56. The van der Waals surface area contributed by atoms with Crippen LogP contribution in [0.5, 0.6) is 0 Å². The van der Waals surface area contributed by atoms with E-state index in [1.165, 1.54) is 12.4 Å². The number of aryl methyl sites for hydroxylation is 1. The molecule has 0 spiro atoms. The smallest absolute Gasteiger partial charge is 0.225 e. The second kappa shape index (κ2) is 6.99. The van der Waals surface area contributed by atoms with E-state index in [1.807, 2.05) is 0 Å². The van der Waals surface area contributed by atoms with E-state index in [4.69, 9.17) is 4.52 Å². The van der Waals surface area contributed by atoms with Crippen LogP contribution in [0.2, 0.25) is 0 Å². The Bertz CT molecular complexity index is 631. The summed E-state index contributed by atoms with van der Waals surface area (Å²) in [5, 5.41) is 3.95. The van der Waals surface area contributed by atoms with Crippen LogP contribution in [0.25, 0.3) is 0 Å². The Kier molecular flexibility index (Phi) is 4.80. The molecule has 0 bridgehead atoms. The summed E-state index contributed by atoms with van der Waals surface area (Å²) in [6.45, 7) is 4.21. The van der Waals surface area contributed by atoms with E-state index in [1.54, 1.807) is 6.92 Å². The summed E-state index contributed by atoms with van der Waals surface area (Å²) in [5.41, 5.74) is 0. The van der Waals surface area contributed by atoms with Gasteiger partial charge in [0.05, 0.1) is 18.9 Å². The third-order valence-electron chi connectivity index (χ3n) is 4.17. The van der Waals surface area contributed by atoms with Crippen molar-refractivity contribution in [1.29, 1.82) is 0 Å². The van der Waals surface area contributed by atoms with Gasteiger partial charge in [0.25, 0.3) is 0 Å². The third kappa shape index (κ3) is 4.01. The zero-order chi connectivity index (χ0) is 16.2. The molecule has 0 unspecified atom stereocenters. The van der Waals surface area contributed by atoms with Gasteiger partial charge in [0, 0.05) is 26.1 Å². The molecule has 1 fully saturated rings. The molecule has 0 N–H and O–H groups in total. The van der Waals surface area contributed by atoms with E-state index in [0.717, 1.165) is 32.4 Å². The lowest BCUT2D eigenvalue weighted by Crippen LogP contribution is -2.33. The van der Waals surface area contributed by atoms with Crippen LogP contribution in [0.4, 0.5) is 10.3 Å². The van der Waals surface area contributed by atoms with Crippen LogP contribution < -0.4 is 4.90 Å². The minimum Gasteiger partial charge on any atom is -0.341 e. The molecule has 2 aromatic heterocycles. The molecule has 3 rings (SSSR count). The normalized spacial score (nSPS) is 19.1. The molecule has 0 aliphatic carbocycles. The summed E-state index contributed by atoms with van der Waals surface area (Å²) in [6, 6.07) is 0.444. The Labute approximate surface area is 134 Å². The highest BCUT2D eigenvalue weighted by Gasteiger charge is 2.22. The van der Waals surface area contributed by atoms with Crippen molar-refractivity contribution < 1.29 is 8.91 Å². The van der Waals surface area contributed by atoms with Crippen molar-refractivity contribution in [3.05, 3.63) is 29.9 Å². The van der Waals surface area contributed by atoms with Crippen LogP contribution in [0.15, 0.2) is 16.9 Å². The molecule has 1 saturated heterocycles. The number of hydrogen-bond acceptors (Lipinski definition) is 7. The fourth-order valence-electron chi connectivity index (χ4n) is 2.95. The number of halogens is 1. The Morgan fingerprint density at radius 2 is 2.09 bits per heavy atom. The van der Waals surface area contributed by atoms with Gasteiger partial charge >= 0.3 is 0 Å². The predicted molar refractivity (Wildman–Crippen MR) is 82.3 cm³/mol. The maximum absolute atomic E-state index is 12.9. The number of nitrogens with zero attached hydrogens (tertiary/aromatic N) is 6. The van der Waals surface area contributed by atoms with Gasteiger partial charge in [-0.25, -0.2) is 14.4 Å². The van der Waals surface area contributed by atoms with Gasteiger partial charge < -0.3 is 9.42 Å². The molecule has 0 radical (unpaired) electrons. The lowest BCUT2D eigenvalue weighted by Gasteiger charge is -2.26. The summed E-state index contributed by atoms with van der Waals surface area (Å²) in [7, 11) is 2.08. The quantitative estimate of drug-likeness (QED) is 0.850. The molecule has 8 heteroatoms. The van der Waals surface area contributed by atoms with Crippen molar-refractivity contribution in [3.8, 4) is 0 Å². The van der Waals surface area contributed by atoms with Crippen molar-refractivity contribution in [1.82, 2.24) is 25.0 Å². The van der Waals surface area contributed by atoms with Crippen LogP contribution in [0.1, 0.15) is 31.0 Å². The molecule has 1 aliphatic rings. The fourth-order valence-corrected chi connectivity index (χ4v) is 2.95. The standard InChI is InChI=1S/C15H21FN6O/c1-11-19-14(20-23-11)10-21(2)13-4-3-6-22(7-5-13)15-17-8-12(16)9-18-15/h8-9,13H,3-7,10H2,1-2H3/t13-/m0/s1. The number of aromatic nitrogens is 4.